The first-order valence-corrected chi connectivity index (χ1v) is 7.01. The summed E-state index contributed by atoms with van der Waals surface area (Å²) < 4.78 is 6.29. The maximum atomic E-state index is 10.9. The van der Waals surface area contributed by atoms with Gasteiger partial charge in [0, 0.05) is 23.1 Å². The molecule has 20 heavy (non-hydrogen) atoms. The summed E-state index contributed by atoms with van der Waals surface area (Å²) in [7, 11) is 1.99. The molecule has 1 aromatic carbocycles. The molecule has 0 atom stereocenters. The lowest BCUT2D eigenvalue weighted by atomic mass is 10.2. The largest absolute Gasteiger partial charge is 0.475 e. The fourth-order valence-electron chi connectivity index (χ4n) is 2.05. The summed E-state index contributed by atoms with van der Waals surface area (Å²) in [6, 6.07) is 9.64. The van der Waals surface area contributed by atoms with Crippen LogP contribution in [0, 0.1) is 6.92 Å². The van der Waals surface area contributed by atoms with Crippen molar-refractivity contribution in [2.45, 2.75) is 20.0 Å². The molecule has 0 spiro atoms. The third-order valence-corrected chi connectivity index (χ3v) is 3.84. The SMILES string of the molecule is Cc1oc(C(=O)O)cc1CN(C)Cc1ccccc1Br. The first-order chi connectivity index (χ1) is 9.47. The Morgan fingerprint density at radius 2 is 1.95 bits per heavy atom. The van der Waals surface area contributed by atoms with E-state index in [9.17, 15) is 4.79 Å². The predicted octanol–water partition coefficient (Wildman–Crippen LogP) is 3.68. The monoisotopic (exact) mass is 337 g/mol. The number of aryl methyl sites for hydroxylation is 1. The highest BCUT2D eigenvalue weighted by atomic mass is 79.9. The summed E-state index contributed by atoms with van der Waals surface area (Å²) in [5.74, 6) is -0.388. The van der Waals surface area contributed by atoms with E-state index in [0.717, 1.165) is 16.6 Å². The first kappa shape index (κ1) is 14.8. The number of carboxylic acid groups (broad SMARTS) is 1. The van der Waals surface area contributed by atoms with Gasteiger partial charge in [-0.2, -0.15) is 0 Å². The summed E-state index contributed by atoms with van der Waals surface area (Å²) in [6.45, 7) is 3.20. The minimum absolute atomic E-state index is 0.00760. The normalized spacial score (nSPS) is 11.0. The van der Waals surface area contributed by atoms with Crippen molar-refractivity contribution < 1.29 is 14.3 Å². The molecule has 4 nitrogen and oxygen atoms in total. The summed E-state index contributed by atoms with van der Waals surface area (Å²) in [5, 5.41) is 8.91. The molecule has 0 aliphatic rings. The van der Waals surface area contributed by atoms with Gasteiger partial charge in [0.05, 0.1) is 0 Å². The Morgan fingerprint density at radius 3 is 2.55 bits per heavy atom. The van der Waals surface area contributed by atoms with Gasteiger partial charge in [0.25, 0.3) is 0 Å². The van der Waals surface area contributed by atoms with Crippen molar-refractivity contribution in [2.75, 3.05) is 7.05 Å². The Hall–Kier alpha value is -1.59. The van der Waals surface area contributed by atoms with Gasteiger partial charge in [0.15, 0.2) is 0 Å². The molecule has 0 saturated heterocycles. The molecule has 0 aliphatic carbocycles. The second-order valence-electron chi connectivity index (χ2n) is 4.76. The minimum Gasteiger partial charge on any atom is -0.475 e. The van der Waals surface area contributed by atoms with Gasteiger partial charge in [-0.3, -0.25) is 4.90 Å². The molecule has 0 radical (unpaired) electrons. The second kappa shape index (κ2) is 6.24. The number of hydrogen-bond acceptors (Lipinski definition) is 3. The van der Waals surface area contributed by atoms with Crippen LogP contribution < -0.4 is 0 Å². The van der Waals surface area contributed by atoms with E-state index < -0.39 is 5.97 Å². The van der Waals surface area contributed by atoms with Crippen molar-refractivity contribution in [2.24, 2.45) is 0 Å². The predicted molar refractivity (Wildman–Crippen MR) is 79.7 cm³/mol. The number of carboxylic acids is 1. The van der Waals surface area contributed by atoms with Crippen LogP contribution in [0.1, 0.15) is 27.4 Å². The van der Waals surface area contributed by atoms with Crippen LogP contribution in [0.3, 0.4) is 0 Å². The molecule has 1 N–H and O–H groups in total. The lowest BCUT2D eigenvalue weighted by Crippen LogP contribution is -2.17. The number of benzene rings is 1. The fraction of sp³-hybridized carbons (Fsp3) is 0.267. The number of halogens is 1. The van der Waals surface area contributed by atoms with Crippen LogP contribution in [0.4, 0.5) is 0 Å². The minimum atomic E-state index is -1.03. The first-order valence-electron chi connectivity index (χ1n) is 6.22. The zero-order valence-electron chi connectivity index (χ0n) is 11.4. The maximum Gasteiger partial charge on any atom is 0.371 e. The molecule has 1 aromatic heterocycles. The van der Waals surface area contributed by atoms with Crippen LogP contribution in [-0.2, 0) is 13.1 Å². The summed E-state index contributed by atoms with van der Waals surface area (Å²) in [5.41, 5.74) is 2.09. The van der Waals surface area contributed by atoms with E-state index >= 15 is 0 Å². The van der Waals surface area contributed by atoms with E-state index in [0.29, 0.717) is 12.3 Å². The van der Waals surface area contributed by atoms with E-state index in [1.165, 1.54) is 5.56 Å². The third kappa shape index (κ3) is 3.49. The topological polar surface area (TPSA) is 53.7 Å². The maximum absolute atomic E-state index is 10.9. The molecule has 106 valence electrons. The quantitative estimate of drug-likeness (QED) is 0.904. The molecule has 0 bridgehead atoms. The van der Waals surface area contributed by atoms with Gasteiger partial charge in [-0.1, -0.05) is 34.1 Å². The molecule has 0 amide bonds. The molecule has 0 saturated carbocycles. The second-order valence-corrected chi connectivity index (χ2v) is 5.62. The molecule has 5 heteroatoms. The van der Waals surface area contributed by atoms with Crippen LogP contribution >= 0.6 is 15.9 Å². The van der Waals surface area contributed by atoms with Crippen LogP contribution in [0.5, 0.6) is 0 Å². The zero-order valence-corrected chi connectivity index (χ0v) is 13.0. The lowest BCUT2D eigenvalue weighted by molar-refractivity contribution is 0.0661. The number of hydrogen-bond donors (Lipinski definition) is 1. The molecule has 0 aliphatic heterocycles. The number of rotatable bonds is 5. The van der Waals surface area contributed by atoms with Crippen molar-refractivity contribution in [1.29, 1.82) is 0 Å². The van der Waals surface area contributed by atoms with Gasteiger partial charge in [-0.15, -0.1) is 0 Å². The highest BCUT2D eigenvalue weighted by Gasteiger charge is 2.14. The molecule has 1 heterocycles. The van der Waals surface area contributed by atoms with E-state index in [4.69, 9.17) is 9.52 Å². The third-order valence-electron chi connectivity index (χ3n) is 3.07. The van der Waals surface area contributed by atoms with Crippen LogP contribution in [-0.4, -0.2) is 23.0 Å². The number of carbonyl (C=O) groups is 1. The van der Waals surface area contributed by atoms with E-state index in [-0.39, 0.29) is 5.76 Å². The smallest absolute Gasteiger partial charge is 0.371 e. The standard InChI is InChI=1S/C15H16BrNO3/c1-10-12(7-14(20-10)15(18)19)9-17(2)8-11-5-3-4-6-13(11)16/h3-7H,8-9H2,1-2H3,(H,18,19). The Kier molecular flexibility index (Phi) is 4.62. The fourth-order valence-corrected chi connectivity index (χ4v) is 2.46. The highest BCUT2D eigenvalue weighted by Crippen LogP contribution is 2.20. The average Bonchev–Trinajstić information content (AvgIpc) is 2.74. The molecule has 0 unspecified atom stereocenters. The molecular formula is C15H16BrNO3. The highest BCUT2D eigenvalue weighted by molar-refractivity contribution is 9.10. The number of nitrogens with zero attached hydrogens (tertiary/aromatic N) is 1. The van der Waals surface area contributed by atoms with Crippen LogP contribution in [0.25, 0.3) is 0 Å². The van der Waals surface area contributed by atoms with Crippen molar-refractivity contribution in [3.8, 4) is 0 Å². The van der Waals surface area contributed by atoms with E-state index in [2.05, 4.69) is 26.9 Å². The zero-order chi connectivity index (χ0) is 14.7. The van der Waals surface area contributed by atoms with Crippen molar-refractivity contribution >= 4 is 21.9 Å². The summed E-state index contributed by atoms with van der Waals surface area (Å²) in [6.07, 6.45) is 0. The van der Waals surface area contributed by atoms with Crippen molar-refractivity contribution in [3.05, 3.63) is 57.5 Å². The Morgan fingerprint density at radius 1 is 1.30 bits per heavy atom. The molecule has 2 rings (SSSR count). The molecular weight excluding hydrogens is 322 g/mol. The molecule has 2 aromatic rings. The van der Waals surface area contributed by atoms with Crippen molar-refractivity contribution in [3.63, 3.8) is 0 Å². The Bertz CT molecular complexity index is 621. The summed E-state index contributed by atoms with van der Waals surface area (Å²) >= 11 is 3.52. The van der Waals surface area contributed by atoms with E-state index in [1.54, 1.807) is 13.0 Å². The van der Waals surface area contributed by atoms with Gasteiger partial charge >= 0.3 is 5.97 Å². The number of furan rings is 1. The van der Waals surface area contributed by atoms with Gasteiger partial charge in [-0.25, -0.2) is 4.79 Å². The van der Waals surface area contributed by atoms with Gasteiger partial charge < -0.3 is 9.52 Å². The van der Waals surface area contributed by atoms with Crippen LogP contribution in [0.2, 0.25) is 0 Å². The van der Waals surface area contributed by atoms with Gasteiger partial charge in [-0.05, 0) is 31.7 Å². The average molecular weight is 338 g/mol. The van der Waals surface area contributed by atoms with E-state index in [1.807, 2.05) is 25.2 Å². The molecule has 0 fully saturated rings. The summed E-state index contributed by atoms with van der Waals surface area (Å²) in [4.78, 5) is 13.0. The van der Waals surface area contributed by atoms with Crippen LogP contribution in [0.15, 0.2) is 39.2 Å². The Labute approximate surface area is 126 Å². The lowest BCUT2D eigenvalue weighted by Gasteiger charge is -2.17. The number of aromatic carboxylic acids is 1. The van der Waals surface area contributed by atoms with Crippen molar-refractivity contribution in [1.82, 2.24) is 4.90 Å². The Balaban J connectivity index is 2.06. The van der Waals surface area contributed by atoms with Gasteiger partial charge in [0.1, 0.15) is 5.76 Å². The van der Waals surface area contributed by atoms with Gasteiger partial charge in [0.2, 0.25) is 5.76 Å².